The molecule has 0 aliphatic heterocycles. The topological polar surface area (TPSA) is 70.8 Å². The molecule has 0 saturated carbocycles. The maximum atomic E-state index is 11.8. The molecule has 0 unspecified atom stereocenters. The Hall–Kier alpha value is -1.59. The highest BCUT2D eigenvalue weighted by atomic mass is 16.6. The van der Waals surface area contributed by atoms with Gasteiger partial charge in [0.15, 0.2) is 0 Å². The summed E-state index contributed by atoms with van der Waals surface area (Å²) in [5, 5.41) is 0. The van der Waals surface area contributed by atoms with Gasteiger partial charge >= 0.3 is 5.97 Å². The van der Waals surface area contributed by atoms with Crippen LogP contribution in [0.5, 0.6) is 0 Å². The summed E-state index contributed by atoms with van der Waals surface area (Å²) in [5.41, 5.74) is 7.61. The molecule has 5 heteroatoms. The van der Waals surface area contributed by atoms with Crippen molar-refractivity contribution in [3.8, 4) is 0 Å². The van der Waals surface area contributed by atoms with E-state index in [4.69, 9.17) is 19.9 Å². The zero-order valence-corrected chi connectivity index (χ0v) is 11.5. The molecule has 0 radical (unpaired) electrons. The molecule has 0 bridgehead atoms. The van der Waals surface area contributed by atoms with Crippen LogP contribution < -0.4 is 5.73 Å². The SMILES string of the molecule is COCCCOCCOC(=O)c1ccc(N)cc1C. The van der Waals surface area contributed by atoms with Crippen LogP contribution in [0.2, 0.25) is 0 Å². The summed E-state index contributed by atoms with van der Waals surface area (Å²) >= 11 is 0. The van der Waals surface area contributed by atoms with Crippen LogP contribution in [0.25, 0.3) is 0 Å². The predicted molar refractivity (Wildman–Crippen MR) is 73.2 cm³/mol. The lowest BCUT2D eigenvalue weighted by molar-refractivity contribution is 0.0287. The number of methoxy groups -OCH3 is 1. The molecule has 0 spiro atoms. The van der Waals surface area contributed by atoms with E-state index in [-0.39, 0.29) is 12.6 Å². The molecule has 0 heterocycles. The molecular formula is C14H21NO4. The second-order valence-corrected chi connectivity index (χ2v) is 4.17. The molecule has 0 saturated heterocycles. The third-order valence-electron chi connectivity index (χ3n) is 2.57. The van der Waals surface area contributed by atoms with Gasteiger partial charge in [-0.25, -0.2) is 4.79 Å². The van der Waals surface area contributed by atoms with E-state index in [1.807, 2.05) is 6.92 Å². The zero-order valence-electron chi connectivity index (χ0n) is 11.5. The molecular weight excluding hydrogens is 246 g/mol. The molecule has 0 aliphatic rings. The minimum absolute atomic E-state index is 0.246. The molecule has 0 aromatic heterocycles. The van der Waals surface area contributed by atoms with E-state index in [2.05, 4.69) is 0 Å². The van der Waals surface area contributed by atoms with Gasteiger partial charge in [-0.05, 0) is 37.1 Å². The van der Waals surface area contributed by atoms with Gasteiger partial charge in [0.25, 0.3) is 0 Å². The number of carbonyl (C=O) groups excluding carboxylic acids is 1. The number of ether oxygens (including phenoxy) is 3. The van der Waals surface area contributed by atoms with Gasteiger partial charge in [-0.3, -0.25) is 0 Å². The van der Waals surface area contributed by atoms with Crippen LogP contribution in [0.4, 0.5) is 5.69 Å². The van der Waals surface area contributed by atoms with Crippen LogP contribution >= 0.6 is 0 Å². The number of anilines is 1. The van der Waals surface area contributed by atoms with Crippen molar-refractivity contribution in [2.75, 3.05) is 39.3 Å². The van der Waals surface area contributed by atoms with Crippen molar-refractivity contribution in [3.05, 3.63) is 29.3 Å². The van der Waals surface area contributed by atoms with E-state index < -0.39 is 0 Å². The number of nitrogens with two attached hydrogens (primary N) is 1. The smallest absolute Gasteiger partial charge is 0.338 e. The Bertz CT molecular complexity index is 406. The summed E-state index contributed by atoms with van der Waals surface area (Å²) in [4.78, 5) is 11.8. The van der Waals surface area contributed by atoms with Gasteiger partial charge in [0, 0.05) is 26.0 Å². The first-order valence-corrected chi connectivity index (χ1v) is 6.25. The Labute approximate surface area is 113 Å². The van der Waals surface area contributed by atoms with E-state index in [1.165, 1.54) is 0 Å². The molecule has 19 heavy (non-hydrogen) atoms. The Balaban J connectivity index is 2.24. The maximum Gasteiger partial charge on any atom is 0.338 e. The number of hydrogen-bond donors (Lipinski definition) is 1. The maximum absolute atomic E-state index is 11.8. The van der Waals surface area contributed by atoms with Crippen LogP contribution in [0.3, 0.4) is 0 Å². The third-order valence-corrected chi connectivity index (χ3v) is 2.57. The standard InChI is InChI=1S/C14H21NO4/c1-11-10-12(15)4-5-13(11)14(16)19-9-8-18-7-3-6-17-2/h4-5,10H,3,6-9,15H2,1-2H3. The summed E-state index contributed by atoms with van der Waals surface area (Å²) in [7, 11) is 1.65. The average Bonchev–Trinajstić information content (AvgIpc) is 2.37. The van der Waals surface area contributed by atoms with Gasteiger partial charge in [0.2, 0.25) is 0 Å². The predicted octanol–water partition coefficient (Wildman–Crippen LogP) is 1.79. The van der Waals surface area contributed by atoms with E-state index in [9.17, 15) is 4.79 Å². The van der Waals surface area contributed by atoms with Crippen molar-refractivity contribution in [1.82, 2.24) is 0 Å². The summed E-state index contributed by atoms with van der Waals surface area (Å²) in [6, 6.07) is 5.11. The summed E-state index contributed by atoms with van der Waals surface area (Å²) in [5.74, 6) is -0.349. The first-order chi connectivity index (χ1) is 9.15. The van der Waals surface area contributed by atoms with Crippen LogP contribution in [0.15, 0.2) is 18.2 Å². The van der Waals surface area contributed by atoms with E-state index in [1.54, 1.807) is 25.3 Å². The minimum atomic E-state index is -0.349. The van der Waals surface area contributed by atoms with Gasteiger partial charge < -0.3 is 19.9 Å². The molecule has 0 aliphatic carbocycles. The lowest BCUT2D eigenvalue weighted by Crippen LogP contribution is -2.12. The average molecular weight is 267 g/mol. The third kappa shape index (κ3) is 5.72. The van der Waals surface area contributed by atoms with E-state index in [0.717, 1.165) is 12.0 Å². The first kappa shape index (κ1) is 15.5. The molecule has 2 N–H and O–H groups in total. The van der Waals surface area contributed by atoms with Crippen molar-refractivity contribution in [2.24, 2.45) is 0 Å². The van der Waals surface area contributed by atoms with Crippen LogP contribution in [-0.2, 0) is 14.2 Å². The van der Waals surface area contributed by atoms with Crippen molar-refractivity contribution in [1.29, 1.82) is 0 Å². The first-order valence-electron chi connectivity index (χ1n) is 6.25. The molecule has 1 aromatic carbocycles. The lowest BCUT2D eigenvalue weighted by atomic mass is 10.1. The van der Waals surface area contributed by atoms with Gasteiger partial charge in [-0.1, -0.05) is 0 Å². The van der Waals surface area contributed by atoms with E-state index >= 15 is 0 Å². The van der Waals surface area contributed by atoms with Gasteiger partial charge in [-0.2, -0.15) is 0 Å². The summed E-state index contributed by atoms with van der Waals surface area (Å²) < 4.78 is 15.3. The quantitative estimate of drug-likeness (QED) is 0.441. The van der Waals surface area contributed by atoms with Gasteiger partial charge in [0.1, 0.15) is 6.61 Å². The number of aryl methyl sites for hydroxylation is 1. The van der Waals surface area contributed by atoms with Crippen molar-refractivity contribution >= 4 is 11.7 Å². The van der Waals surface area contributed by atoms with Crippen LogP contribution in [0, 0.1) is 6.92 Å². The Morgan fingerprint density at radius 3 is 2.68 bits per heavy atom. The Morgan fingerprint density at radius 2 is 2.00 bits per heavy atom. The number of nitrogen functional groups attached to an aromatic ring is 1. The van der Waals surface area contributed by atoms with Crippen molar-refractivity contribution in [2.45, 2.75) is 13.3 Å². The van der Waals surface area contributed by atoms with Gasteiger partial charge in [-0.15, -0.1) is 0 Å². The molecule has 106 valence electrons. The number of benzene rings is 1. The highest BCUT2D eigenvalue weighted by Crippen LogP contribution is 2.13. The zero-order chi connectivity index (χ0) is 14.1. The Morgan fingerprint density at radius 1 is 1.21 bits per heavy atom. The van der Waals surface area contributed by atoms with Crippen molar-refractivity contribution in [3.63, 3.8) is 0 Å². The Kier molecular flexibility index (Phi) is 6.92. The highest BCUT2D eigenvalue weighted by Gasteiger charge is 2.10. The molecule has 0 amide bonds. The number of hydrogen-bond acceptors (Lipinski definition) is 5. The minimum Gasteiger partial charge on any atom is -0.460 e. The summed E-state index contributed by atoms with van der Waals surface area (Å²) in [6.07, 6.45) is 0.835. The second kappa shape index (κ2) is 8.50. The fourth-order valence-corrected chi connectivity index (χ4v) is 1.59. The molecule has 1 aromatic rings. The van der Waals surface area contributed by atoms with E-state index in [0.29, 0.717) is 31.1 Å². The monoisotopic (exact) mass is 267 g/mol. The number of esters is 1. The summed E-state index contributed by atoms with van der Waals surface area (Å²) in [6.45, 7) is 3.74. The number of rotatable bonds is 8. The van der Waals surface area contributed by atoms with Crippen LogP contribution in [-0.4, -0.2) is 39.5 Å². The second-order valence-electron chi connectivity index (χ2n) is 4.17. The molecule has 0 atom stereocenters. The van der Waals surface area contributed by atoms with Crippen LogP contribution in [0.1, 0.15) is 22.3 Å². The molecule has 1 rings (SSSR count). The highest BCUT2D eigenvalue weighted by molar-refractivity contribution is 5.91. The fourth-order valence-electron chi connectivity index (χ4n) is 1.59. The van der Waals surface area contributed by atoms with Crippen molar-refractivity contribution < 1.29 is 19.0 Å². The lowest BCUT2D eigenvalue weighted by Gasteiger charge is -2.08. The number of carbonyl (C=O) groups is 1. The molecule has 5 nitrogen and oxygen atoms in total. The fraction of sp³-hybridized carbons (Fsp3) is 0.500. The molecule has 0 fully saturated rings. The normalized spacial score (nSPS) is 10.4. The largest absolute Gasteiger partial charge is 0.460 e. The van der Waals surface area contributed by atoms with Gasteiger partial charge in [0.05, 0.1) is 12.2 Å².